The molecule has 0 N–H and O–H groups in total. The lowest BCUT2D eigenvalue weighted by atomic mass is 10.2. The molecule has 0 saturated carbocycles. The lowest BCUT2D eigenvalue weighted by Gasteiger charge is -2.20. The number of carbonyl (C=O) groups excluding carboxylic acids is 1. The van der Waals surface area contributed by atoms with E-state index >= 15 is 0 Å². The van der Waals surface area contributed by atoms with Crippen LogP contribution in [0.1, 0.15) is 31.1 Å². The number of rotatable bonds is 6. The summed E-state index contributed by atoms with van der Waals surface area (Å²) in [6.07, 6.45) is 0.689. The van der Waals surface area contributed by atoms with Gasteiger partial charge in [-0.25, -0.2) is 0 Å². The van der Waals surface area contributed by atoms with Crippen molar-refractivity contribution in [2.75, 3.05) is 20.3 Å². The van der Waals surface area contributed by atoms with Crippen LogP contribution in [-0.2, 0) is 4.74 Å². The van der Waals surface area contributed by atoms with Crippen molar-refractivity contribution >= 4 is 17.9 Å². The van der Waals surface area contributed by atoms with Gasteiger partial charge in [-0.2, -0.15) is 0 Å². The second-order valence-corrected chi connectivity index (χ2v) is 5.39. The van der Waals surface area contributed by atoms with E-state index in [2.05, 4.69) is 0 Å². The van der Waals surface area contributed by atoms with Gasteiger partial charge in [0.05, 0.1) is 24.9 Å². The zero-order valence-electron chi connectivity index (χ0n) is 11.7. The molecule has 0 saturated heterocycles. The maximum Gasteiger partial charge on any atom is 0.171 e. The summed E-state index contributed by atoms with van der Waals surface area (Å²) in [6, 6.07) is 3.14. The molecule has 0 amide bonds. The van der Waals surface area contributed by atoms with Gasteiger partial charge in [0.25, 0.3) is 0 Å². The van der Waals surface area contributed by atoms with Crippen LogP contribution in [0.25, 0.3) is 0 Å². The Kier molecular flexibility index (Phi) is 5.63. The predicted molar refractivity (Wildman–Crippen MR) is 74.6 cm³/mol. The van der Waals surface area contributed by atoms with Gasteiger partial charge in [-0.3, -0.25) is 4.79 Å². The van der Waals surface area contributed by atoms with Crippen molar-refractivity contribution in [3.05, 3.63) is 22.7 Å². The number of methoxy groups -OCH3 is 1. The van der Waals surface area contributed by atoms with E-state index in [1.807, 2.05) is 20.8 Å². The van der Waals surface area contributed by atoms with E-state index in [1.54, 1.807) is 6.07 Å². The Balaban J connectivity index is 2.74. The van der Waals surface area contributed by atoms with E-state index in [0.717, 1.165) is 0 Å². The van der Waals surface area contributed by atoms with Crippen molar-refractivity contribution in [3.8, 4) is 11.5 Å². The summed E-state index contributed by atoms with van der Waals surface area (Å²) < 4.78 is 16.3. The number of halogens is 1. The average molecular weight is 287 g/mol. The highest BCUT2D eigenvalue weighted by atomic mass is 35.5. The second kappa shape index (κ2) is 6.78. The Hall–Kier alpha value is -1.26. The molecule has 106 valence electrons. The Bertz CT molecular complexity index is 438. The molecule has 0 spiro atoms. The molecule has 0 fully saturated rings. The molecule has 0 heterocycles. The Morgan fingerprint density at radius 3 is 2.47 bits per heavy atom. The monoisotopic (exact) mass is 286 g/mol. The summed E-state index contributed by atoms with van der Waals surface area (Å²) in [6.45, 7) is 6.65. The summed E-state index contributed by atoms with van der Waals surface area (Å²) in [7, 11) is 1.50. The zero-order valence-corrected chi connectivity index (χ0v) is 12.4. The first-order chi connectivity index (χ1) is 8.87. The maximum absolute atomic E-state index is 11.0. The molecule has 0 radical (unpaired) electrons. The minimum atomic E-state index is -0.221. The molecule has 0 aliphatic carbocycles. The third-order valence-corrected chi connectivity index (χ3v) is 2.48. The van der Waals surface area contributed by atoms with Crippen LogP contribution in [0.15, 0.2) is 12.1 Å². The van der Waals surface area contributed by atoms with Crippen LogP contribution in [0.5, 0.6) is 11.5 Å². The van der Waals surface area contributed by atoms with E-state index in [9.17, 15) is 4.79 Å². The number of aldehydes is 1. The van der Waals surface area contributed by atoms with Gasteiger partial charge < -0.3 is 14.2 Å². The molecule has 19 heavy (non-hydrogen) atoms. The molecule has 0 unspecified atom stereocenters. The van der Waals surface area contributed by atoms with Gasteiger partial charge in [0.15, 0.2) is 17.8 Å². The van der Waals surface area contributed by atoms with Crippen LogP contribution in [0.4, 0.5) is 0 Å². The third kappa shape index (κ3) is 5.09. The Labute approximate surface area is 118 Å². The largest absolute Gasteiger partial charge is 0.493 e. The van der Waals surface area contributed by atoms with Gasteiger partial charge >= 0.3 is 0 Å². The number of carbonyl (C=O) groups is 1. The highest BCUT2D eigenvalue weighted by Crippen LogP contribution is 2.33. The lowest BCUT2D eigenvalue weighted by molar-refractivity contribution is -0.0165. The smallest absolute Gasteiger partial charge is 0.171 e. The van der Waals surface area contributed by atoms with Crippen LogP contribution in [-0.4, -0.2) is 32.2 Å². The number of hydrogen-bond donors (Lipinski definition) is 0. The predicted octanol–water partition coefficient (Wildman–Crippen LogP) is 3.36. The fourth-order valence-electron chi connectivity index (χ4n) is 1.47. The summed E-state index contributed by atoms with van der Waals surface area (Å²) in [4.78, 5) is 11.0. The zero-order chi connectivity index (χ0) is 14.5. The summed E-state index contributed by atoms with van der Waals surface area (Å²) in [5, 5.41) is 0.428. The van der Waals surface area contributed by atoms with Crippen molar-refractivity contribution in [3.63, 3.8) is 0 Å². The topological polar surface area (TPSA) is 44.8 Å². The molecule has 0 aromatic heterocycles. The molecule has 0 atom stereocenters. The number of ether oxygens (including phenoxy) is 3. The van der Waals surface area contributed by atoms with Crippen molar-refractivity contribution in [1.29, 1.82) is 0 Å². The first-order valence-electron chi connectivity index (χ1n) is 5.97. The highest BCUT2D eigenvalue weighted by molar-refractivity contribution is 6.31. The molecular weight excluding hydrogens is 268 g/mol. The normalized spacial score (nSPS) is 11.2. The summed E-state index contributed by atoms with van der Waals surface area (Å²) in [5.41, 5.74) is 0.140. The molecule has 5 heteroatoms. The fourth-order valence-corrected chi connectivity index (χ4v) is 1.69. The molecular formula is C14H19ClO4. The lowest BCUT2D eigenvalue weighted by Crippen LogP contribution is -2.22. The van der Waals surface area contributed by atoms with Crippen LogP contribution in [0.2, 0.25) is 5.02 Å². The quantitative estimate of drug-likeness (QED) is 0.594. The van der Waals surface area contributed by atoms with Gasteiger partial charge in [0.1, 0.15) is 6.61 Å². The van der Waals surface area contributed by atoms with Gasteiger partial charge in [0.2, 0.25) is 0 Å². The molecule has 4 nitrogen and oxygen atoms in total. The van der Waals surface area contributed by atoms with E-state index in [0.29, 0.717) is 41.6 Å². The maximum atomic E-state index is 11.0. The minimum Gasteiger partial charge on any atom is -0.493 e. The molecule has 0 aliphatic rings. The summed E-state index contributed by atoms with van der Waals surface area (Å²) >= 11 is 5.88. The number of hydrogen-bond acceptors (Lipinski definition) is 4. The van der Waals surface area contributed by atoms with Crippen LogP contribution < -0.4 is 9.47 Å². The van der Waals surface area contributed by atoms with Crippen LogP contribution in [0.3, 0.4) is 0 Å². The van der Waals surface area contributed by atoms with Crippen LogP contribution >= 0.6 is 11.6 Å². The summed E-state index contributed by atoms with van der Waals surface area (Å²) in [5.74, 6) is 0.824. The molecule has 1 aromatic carbocycles. The van der Waals surface area contributed by atoms with Gasteiger partial charge in [-0.05, 0) is 26.8 Å². The van der Waals surface area contributed by atoms with Crippen molar-refractivity contribution in [2.45, 2.75) is 26.4 Å². The van der Waals surface area contributed by atoms with E-state index in [1.165, 1.54) is 13.2 Å². The van der Waals surface area contributed by atoms with Gasteiger partial charge in [0, 0.05) is 11.1 Å². The van der Waals surface area contributed by atoms with E-state index in [4.69, 9.17) is 25.8 Å². The van der Waals surface area contributed by atoms with E-state index in [-0.39, 0.29) is 5.60 Å². The standard InChI is InChI=1S/C14H19ClO4/c1-14(2,3)19-6-5-18-13-10(9-16)7-11(15)8-12(13)17-4/h7-9H,5-6H2,1-4H3. The first kappa shape index (κ1) is 15.8. The van der Waals surface area contributed by atoms with Crippen molar-refractivity contribution < 1.29 is 19.0 Å². The minimum absolute atomic E-state index is 0.221. The highest BCUT2D eigenvalue weighted by Gasteiger charge is 2.14. The molecule has 1 rings (SSSR count). The average Bonchev–Trinajstić information content (AvgIpc) is 2.33. The van der Waals surface area contributed by atoms with Crippen molar-refractivity contribution in [2.24, 2.45) is 0 Å². The third-order valence-electron chi connectivity index (χ3n) is 2.26. The fraction of sp³-hybridized carbons (Fsp3) is 0.500. The van der Waals surface area contributed by atoms with Gasteiger partial charge in [-0.1, -0.05) is 11.6 Å². The SMILES string of the molecule is COc1cc(Cl)cc(C=O)c1OCCOC(C)(C)C. The molecule has 0 aliphatic heterocycles. The Morgan fingerprint density at radius 1 is 1.26 bits per heavy atom. The first-order valence-corrected chi connectivity index (χ1v) is 6.34. The Morgan fingerprint density at radius 2 is 1.95 bits per heavy atom. The second-order valence-electron chi connectivity index (χ2n) is 4.95. The molecule has 0 bridgehead atoms. The van der Waals surface area contributed by atoms with Crippen LogP contribution in [0, 0.1) is 0 Å². The number of benzene rings is 1. The molecule has 1 aromatic rings. The van der Waals surface area contributed by atoms with Gasteiger partial charge in [-0.15, -0.1) is 0 Å². The van der Waals surface area contributed by atoms with Crippen molar-refractivity contribution in [1.82, 2.24) is 0 Å². The van der Waals surface area contributed by atoms with E-state index < -0.39 is 0 Å².